The van der Waals surface area contributed by atoms with Crippen molar-refractivity contribution < 1.29 is 9.26 Å². The zero-order valence-corrected chi connectivity index (χ0v) is 15.1. The van der Waals surface area contributed by atoms with Crippen LogP contribution in [0.25, 0.3) is 11.5 Å². The van der Waals surface area contributed by atoms with E-state index < -0.39 is 5.54 Å². The number of aromatic nitrogens is 3. The maximum Gasteiger partial charge on any atom is 0.258 e. The van der Waals surface area contributed by atoms with Crippen molar-refractivity contribution >= 4 is 12.4 Å². The van der Waals surface area contributed by atoms with E-state index in [1.165, 1.54) is 0 Å². The lowest BCUT2D eigenvalue weighted by atomic mass is 9.99. The second-order valence-corrected chi connectivity index (χ2v) is 6.46. The molecule has 0 spiro atoms. The van der Waals surface area contributed by atoms with Crippen molar-refractivity contribution in [1.29, 1.82) is 0 Å². The van der Waals surface area contributed by atoms with Gasteiger partial charge in [0.15, 0.2) is 5.82 Å². The molecule has 1 fully saturated rings. The highest BCUT2D eigenvalue weighted by atomic mass is 35.5. The van der Waals surface area contributed by atoms with E-state index >= 15 is 0 Å². The molecule has 6 nitrogen and oxygen atoms in total. The van der Waals surface area contributed by atoms with Gasteiger partial charge in [-0.1, -0.05) is 30.1 Å². The number of nitrogens with two attached hydrogens (primary N) is 1. The predicted molar refractivity (Wildman–Crippen MR) is 99.9 cm³/mol. The average Bonchev–Trinajstić information content (AvgIpc) is 3.31. The summed E-state index contributed by atoms with van der Waals surface area (Å²) in [7, 11) is 0. The number of pyridine rings is 1. The van der Waals surface area contributed by atoms with E-state index in [2.05, 4.69) is 15.1 Å². The van der Waals surface area contributed by atoms with Gasteiger partial charge in [0.2, 0.25) is 0 Å². The largest absolute Gasteiger partial charge is 0.489 e. The fourth-order valence-corrected chi connectivity index (χ4v) is 3.14. The van der Waals surface area contributed by atoms with Crippen LogP contribution >= 0.6 is 12.4 Å². The average molecular weight is 373 g/mol. The second kappa shape index (κ2) is 7.85. The van der Waals surface area contributed by atoms with Crippen molar-refractivity contribution in [2.45, 2.75) is 37.8 Å². The van der Waals surface area contributed by atoms with E-state index in [0.717, 1.165) is 42.6 Å². The maximum absolute atomic E-state index is 6.40. The zero-order chi connectivity index (χ0) is 17.1. The van der Waals surface area contributed by atoms with Crippen LogP contribution in [-0.2, 0) is 12.1 Å². The summed E-state index contributed by atoms with van der Waals surface area (Å²) in [6.45, 7) is 0.457. The molecule has 0 bridgehead atoms. The van der Waals surface area contributed by atoms with Gasteiger partial charge in [-0.3, -0.25) is 4.98 Å². The summed E-state index contributed by atoms with van der Waals surface area (Å²) in [5.41, 5.74) is 7.79. The molecule has 7 heteroatoms. The lowest BCUT2D eigenvalue weighted by Gasteiger charge is -2.17. The molecule has 0 unspecified atom stereocenters. The van der Waals surface area contributed by atoms with Gasteiger partial charge in [0, 0.05) is 23.5 Å². The summed E-state index contributed by atoms with van der Waals surface area (Å²) in [5.74, 6) is 1.81. The lowest BCUT2D eigenvalue weighted by molar-refractivity contribution is 0.305. The number of nitrogens with zero attached hydrogens (tertiary/aromatic N) is 3. The number of hydrogen-bond acceptors (Lipinski definition) is 6. The van der Waals surface area contributed by atoms with E-state index in [1.54, 1.807) is 12.4 Å². The molecule has 2 heterocycles. The fourth-order valence-electron chi connectivity index (χ4n) is 3.14. The number of rotatable bonds is 5. The Morgan fingerprint density at radius 1 is 1.15 bits per heavy atom. The normalized spacial score (nSPS) is 15.4. The van der Waals surface area contributed by atoms with Gasteiger partial charge in [0.05, 0.1) is 5.54 Å². The summed E-state index contributed by atoms with van der Waals surface area (Å²) in [6.07, 6.45) is 7.55. The van der Waals surface area contributed by atoms with Gasteiger partial charge in [-0.25, -0.2) is 0 Å². The summed E-state index contributed by atoms with van der Waals surface area (Å²) in [6, 6.07) is 11.5. The van der Waals surface area contributed by atoms with Crippen molar-refractivity contribution in [3.05, 3.63) is 60.2 Å². The monoisotopic (exact) mass is 372 g/mol. The van der Waals surface area contributed by atoms with Crippen molar-refractivity contribution in [2.75, 3.05) is 0 Å². The number of hydrogen-bond donors (Lipinski definition) is 1. The van der Waals surface area contributed by atoms with Crippen LogP contribution in [0, 0.1) is 0 Å². The zero-order valence-electron chi connectivity index (χ0n) is 14.3. The summed E-state index contributed by atoms with van der Waals surface area (Å²) in [5, 5.41) is 4.11. The minimum Gasteiger partial charge on any atom is -0.489 e. The lowest BCUT2D eigenvalue weighted by Crippen LogP contribution is -2.34. The standard InChI is InChI=1S/C19H20N4O2.ClH/c20-19(8-1-2-9-19)18-22-17(25-23-18)15-6-3-7-16(11-15)24-13-14-5-4-10-21-12-14;/h3-7,10-12H,1-2,8-9,13,20H2;1H. The van der Waals surface area contributed by atoms with Gasteiger partial charge in [-0.2, -0.15) is 4.98 Å². The molecule has 1 aliphatic carbocycles. The third kappa shape index (κ3) is 3.86. The van der Waals surface area contributed by atoms with Crippen LogP contribution in [0.2, 0.25) is 0 Å². The van der Waals surface area contributed by atoms with E-state index in [4.69, 9.17) is 15.0 Å². The first-order valence-corrected chi connectivity index (χ1v) is 8.48. The summed E-state index contributed by atoms with van der Waals surface area (Å²) < 4.78 is 11.3. The number of halogens is 1. The summed E-state index contributed by atoms with van der Waals surface area (Å²) in [4.78, 5) is 8.61. The van der Waals surface area contributed by atoms with Crippen molar-refractivity contribution in [2.24, 2.45) is 5.73 Å². The Hall–Kier alpha value is -2.44. The minimum atomic E-state index is -0.448. The smallest absolute Gasteiger partial charge is 0.258 e. The van der Waals surface area contributed by atoms with Crippen LogP contribution in [0.5, 0.6) is 5.75 Å². The van der Waals surface area contributed by atoms with Crippen molar-refractivity contribution in [3.63, 3.8) is 0 Å². The Labute approximate surface area is 158 Å². The molecule has 1 aromatic carbocycles. The first-order chi connectivity index (χ1) is 12.2. The molecular weight excluding hydrogens is 352 g/mol. The highest BCUT2D eigenvalue weighted by Crippen LogP contribution is 2.35. The molecule has 2 aromatic heterocycles. The highest BCUT2D eigenvalue weighted by Gasteiger charge is 2.36. The minimum absolute atomic E-state index is 0. The van der Waals surface area contributed by atoms with Gasteiger partial charge in [-0.05, 0) is 37.1 Å². The molecular formula is C19H21ClN4O2. The van der Waals surface area contributed by atoms with E-state index in [-0.39, 0.29) is 12.4 Å². The predicted octanol–water partition coefficient (Wildman–Crippen LogP) is 3.86. The molecule has 0 aliphatic heterocycles. The molecule has 0 radical (unpaired) electrons. The molecule has 1 aliphatic rings. The van der Waals surface area contributed by atoms with Crippen LogP contribution in [0.15, 0.2) is 53.3 Å². The highest BCUT2D eigenvalue weighted by molar-refractivity contribution is 5.85. The number of ether oxygens (including phenoxy) is 1. The van der Waals surface area contributed by atoms with Crippen LogP contribution < -0.4 is 10.5 Å². The van der Waals surface area contributed by atoms with Gasteiger partial charge in [-0.15, -0.1) is 12.4 Å². The van der Waals surface area contributed by atoms with Gasteiger partial charge < -0.3 is 15.0 Å². The van der Waals surface area contributed by atoms with Gasteiger partial charge in [0.1, 0.15) is 12.4 Å². The molecule has 1 saturated carbocycles. The van der Waals surface area contributed by atoms with Crippen molar-refractivity contribution in [3.8, 4) is 17.2 Å². The van der Waals surface area contributed by atoms with Gasteiger partial charge in [0.25, 0.3) is 5.89 Å². The third-order valence-electron chi connectivity index (χ3n) is 4.58. The van der Waals surface area contributed by atoms with Crippen LogP contribution in [0.3, 0.4) is 0 Å². The Morgan fingerprint density at radius 2 is 2.00 bits per heavy atom. The molecule has 136 valence electrons. The third-order valence-corrected chi connectivity index (χ3v) is 4.58. The first kappa shape index (κ1) is 18.4. The van der Waals surface area contributed by atoms with Gasteiger partial charge >= 0.3 is 0 Å². The molecule has 0 amide bonds. The Balaban J connectivity index is 0.00000196. The molecule has 2 N–H and O–H groups in total. The Kier molecular flexibility index (Phi) is 5.54. The Bertz CT molecular complexity index is 848. The quantitative estimate of drug-likeness (QED) is 0.731. The van der Waals surface area contributed by atoms with Crippen LogP contribution in [0.1, 0.15) is 37.1 Å². The number of benzene rings is 1. The molecule has 4 rings (SSSR count). The van der Waals surface area contributed by atoms with Crippen molar-refractivity contribution in [1.82, 2.24) is 15.1 Å². The van der Waals surface area contributed by atoms with E-state index in [1.807, 2.05) is 36.4 Å². The fraction of sp³-hybridized carbons (Fsp3) is 0.316. The SMILES string of the molecule is Cl.NC1(c2noc(-c3cccc(OCc4cccnc4)c3)n2)CCCC1. The first-order valence-electron chi connectivity index (χ1n) is 8.48. The second-order valence-electron chi connectivity index (χ2n) is 6.46. The van der Waals surface area contributed by atoms with E-state index in [9.17, 15) is 0 Å². The van der Waals surface area contributed by atoms with Crippen LogP contribution in [-0.4, -0.2) is 15.1 Å². The molecule has 0 saturated heterocycles. The van der Waals surface area contributed by atoms with Crippen LogP contribution in [0.4, 0.5) is 0 Å². The molecule has 0 atom stereocenters. The maximum atomic E-state index is 6.40. The van der Waals surface area contributed by atoms with E-state index in [0.29, 0.717) is 18.3 Å². The topological polar surface area (TPSA) is 87.1 Å². The Morgan fingerprint density at radius 3 is 2.77 bits per heavy atom. The molecule has 26 heavy (non-hydrogen) atoms. The summed E-state index contributed by atoms with van der Waals surface area (Å²) >= 11 is 0. The molecule has 3 aromatic rings.